The molecule has 0 saturated heterocycles. The summed E-state index contributed by atoms with van der Waals surface area (Å²) in [5, 5.41) is 9.09. The van der Waals surface area contributed by atoms with Gasteiger partial charge in [-0.15, -0.1) is 0 Å². The number of rotatable bonds is 7. The Kier molecular flexibility index (Phi) is 6.02. The fraction of sp³-hybridized carbons (Fsp3) is 0.562. The Labute approximate surface area is 122 Å². The molecule has 0 amide bonds. The maximum absolute atomic E-state index is 11.1. The van der Waals surface area contributed by atoms with Crippen molar-refractivity contribution in [2.75, 3.05) is 25.5 Å². The van der Waals surface area contributed by atoms with Crippen LogP contribution in [0.15, 0.2) is 24.3 Å². The average molecular weight is 278 g/mol. The standard InChI is InChI=1S/C16H26N2O2/c1-6-12(2)18(11-16(19)20)13(3)14-7-9-15(10-8-14)17(4)5/h7-10,12-13H,6,11H2,1-5H3,(H,19,20). The van der Waals surface area contributed by atoms with Gasteiger partial charge < -0.3 is 10.0 Å². The van der Waals surface area contributed by atoms with Gasteiger partial charge >= 0.3 is 5.97 Å². The summed E-state index contributed by atoms with van der Waals surface area (Å²) < 4.78 is 0. The summed E-state index contributed by atoms with van der Waals surface area (Å²) in [6, 6.07) is 8.64. The Bertz CT molecular complexity index is 429. The Morgan fingerprint density at radius 1 is 1.20 bits per heavy atom. The molecule has 20 heavy (non-hydrogen) atoms. The van der Waals surface area contributed by atoms with Crippen molar-refractivity contribution in [3.63, 3.8) is 0 Å². The molecule has 1 N–H and O–H groups in total. The molecular weight excluding hydrogens is 252 g/mol. The van der Waals surface area contributed by atoms with Gasteiger partial charge in [-0.1, -0.05) is 19.1 Å². The van der Waals surface area contributed by atoms with Crippen LogP contribution < -0.4 is 4.90 Å². The third-order valence-corrected chi connectivity index (χ3v) is 3.86. The summed E-state index contributed by atoms with van der Waals surface area (Å²) in [5.41, 5.74) is 2.30. The SMILES string of the molecule is CCC(C)N(CC(=O)O)C(C)c1ccc(N(C)C)cc1. The van der Waals surface area contributed by atoms with E-state index >= 15 is 0 Å². The lowest BCUT2D eigenvalue weighted by molar-refractivity contribution is -0.139. The minimum Gasteiger partial charge on any atom is -0.480 e. The van der Waals surface area contributed by atoms with Crippen LogP contribution in [0.2, 0.25) is 0 Å². The second kappa shape index (κ2) is 7.29. The first-order valence-corrected chi connectivity index (χ1v) is 7.11. The molecule has 0 spiro atoms. The van der Waals surface area contributed by atoms with Crippen LogP contribution in [0.4, 0.5) is 5.69 Å². The second-order valence-corrected chi connectivity index (χ2v) is 5.49. The molecule has 0 bridgehead atoms. The fourth-order valence-corrected chi connectivity index (χ4v) is 2.31. The van der Waals surface area contributed by atoms with Gasteiger partial charge in [0.25, 0.3) is 0 Å². The predicted octanol–water partition coefficient (Wildman–Crippen LogP) is 3.00. The van der Waals surface area contributed by atoms with Gasteiger partial charge in [-0.3, -0.25) is 9.69 Å². The van der Waals surface area contributed by atoms with Gasteiger partial charge in [0.2, 0.25) is 0 Å². The molecule has 0 heterocycles. The fourth-order valence-electron chi connectivity index (χ4n) is 2.31. The van der Waals surface area contributed by atoms with E-state index in [2.05, 4.69) is 49.9 Å². The van der Waals surface area contributed by atoms with E-state index in [1.165, 1.54) is 0 Å². The van der Waals surface area contributed by atoms with Gasteiger partial charge in [0.1, 0.15) is 0 Å². The molecule has 1 rings (SSSR count). The van der Waals surface area contributed by atoms with Crippen LogP contribution in [-0.4, -0.2) is 42.7 Å². The molecule has 1 aromatic carbocycles. The molecule has 0 saturated carbocycles. The van der Waals surface area contributed by atoms with Crippen molar-refractivity contribution < 1.29 is 9.90 Å². The summed E-state index contributed by atoms with van der Waals surface area (Å²) in [5.74, 6) is -0.776. The van der Waals surface area contributed by atoms with Crippen LogP contribution in [0.25, 0.3) is 0 Å². The molecule has 2 atom stereocenters. The van der Waals surface area contributed by atoms with Crippen molar-refractivity contribution in [3.8, 4) is 0 Å². The quantitative estimate of drug-likeness (QED) is 0.832. The van der Waals surface area contributed by atoms with E-state index < -0.39 is 5.97 Å². The number of nitrogens with zero attached hydrogens (tertiary/aromatic N) is 2. The van der Waals surface area contributed by atoms with Crippen LogP contribution >= 0.6 is 0 Å². The minimum absolute atomic E-state index is 0.0750. The van der Waals surface area contributed by atoms with Gasteiger partial charge in [0, 0.05) is 31.9 Å². The van der Waals surface area contributed by atoms with Crippen molar-refractivity contribution in [1.29, 1.82) is 0 Å². The molecule has 0 radical (unpaired) electrons. The molecule has 0 aliphatic rings. The van der Waals surface area contributed by atoms with Crippen molar-refractivity contribution in [1.82, 2.24) is 4.90 Å². The van der Waals surface area contributed by atoms with E-state index in [-0.39, 0.29) is 18.6 Å². The Balaban J connectivity index is 2.93. The molecule has 0 fully saturated rings. The van der Waals surface area contributed by atoms with Crippen LogP contribution in [0, 0.1) is 0 Å². The van der Waals surface area contributed by atoms with Crippen molar-refractivity contribution >= 4 is 11.7 Å². The third-order valence-electron chi connectivity index (χ3n) is 3.86. The monoisotopic (exact) mass is 278 g/mol. The van der Waals surface area contributed by atoms with Crippen LogP contribution in [0.5, 0.6) is 0 Å². The first-order chi connectivity index (χ1) is 9.36. The molecule has 0 aromatic heterocycles. The highest BCUT2D eigenvalue weighted by Gasteiger charge is 2.22. The van der Waals surface area contributed by atoms with Crippen molar-refractivity contribution in [2.24, 2.45) is 0 Å². The number of anilines is 1. The van der Waals surface area contributed by atoms with Gasteiger partial charge in [-0.05, 0) is 38.0 Å². The average Bonchev–Trinajstić information content (AvgIpc) is 2.43. The van der Waals surface area contributed by atoms with E-state index in [1.807, 2.05) is 19.0 Å². The van der Waals surface area contributed by atoms with E-state index in [9.17, 15) is 4.79 Å². The number of carbonyl (C=O) groups is 1. The number of hydrogen-bond acceptors (Lipinski definition) is 3. The van der Waals surface area contributed by atoms with Crippen LogP contribution in [0.1, 0.15) is 38.8 Å². The summed E-state index contributed by atoms with van der Waals surface area (Å²) in [6.45, 7) is 6.31. The predicted molar refractivity (Wildman–Crippen MR) is 83.3 cm³/mol. The van der Waals surface area contributed by atoms with E-state index in [0.29, 0.717) is 0 Å². The van der Waals surface area contributed by atoms with Crippen LogP contribution in [-0.2, 0) is 4.79 Å². The van der Waals surface area contributed by atoms with E-state index in [0.717, 1.165) is 17.7 Å². The van der Waals surface area contributed by atoms with E-state index in [4.69, 9.17) is 5.11 Å². The van der Waals surface area contributed by atoms with Gasteiger partial charge in [0.05, 0.1) is 6.54 Å². The Morgan fingerprint density at radius 2 is 1.75 bits per heavy atom. The lowest BCUT2D eigenvalue weighted by atomic mass is 10.0. The number of carboxylic acids is 1. The minimum atomic E-state index is -0.776. The number of benzene rings is 1. The molecule has 0 aliphatic carbocycles. The molecule has 2 unspecified atom stereocenters. The largest absolute Gasteiger partial charge is 0.480 e. The lowest BCUT2D eigenvalue weighted by Crippen LogP contribution is -2.39. The van der Waals surface area contributed by atoms with Gasteiger partial charge in [0.15, 0.2) is 0 Å². The Hall–Kier alpha value is -1.55. The molecule has 4 heteroatoms. The highest BCUT2D eigenvalue weighted by molar-refractivity contribution is 5.69. The molecule has 112 valence electrons. The topological polar surface area (TPSA) is 43.8 Å². The normalized spacial score (nSPS) is 14.1. The third kappa shape index (κ3) is 4.23. The molecule has 0 aliphatic heterocycles. The summed E-state index contributed by atoms with van der Waals surface area (Å²) >= 11 is 0. The maximum atomic E-state index is 11.1. The first kappa shape index (κ1) is 16.5. The van der Waals surface area contributed by atoms with E-state index in [1.54, 1.807) is 0 Å². The molecule has 4 nitrogen and oxygen atoms in total. The number of hydrogen-bond donors (Lipinski definition) is 1. The zero-order valence-corrected chi connectivity index (χ0v) is 13.1. The summed E-state index contributed by atoms with van der Waals surface area (Å²) in [4.78, 5) is 15.1. The highest BCUT2D eigenvalue weighted by Crippen LogP contribution is 2.25. The highest BCUT2D eigenvalue weighted by atomic mass is 16.4. The number of carboxylic acid groups (broad SMARTS) is 1. The molecular formula is C16H26N2O2. The van der Waals surface area contributed by atoms with Crippen LogP contribution in [0.3, 0.4) is 0 Å². The van der Waals surface area contributed by atoms with Gasteiger partial charge in [-0.25, -0.2) is 0 Å². The summed E-state index contributed by atoms with van der Waals surface area (Å²) in [7, 11) is 4.02. The smallest absolute Gasteiger partial charge is 0.317 e. The second-order valence-electron chi connectivity index (χ2n) is 5.49. The molecule has 1 aromatic rings. The zero-order chi connectivity index (χ0) is 15.3. The van der Waals surface area contributed by atoms with Crippen molar-refractivity contribution in [2.45, 2.75) is 39.3 Å². The maximum Gasteiger partial charge on any atom is 0.317 e. The Morgan fingerprint density at radius 3 is 2.15 bits per heavy atom. The van der Waals surface area contributed by atoms with Crippen molar-refractivity contribution in [3.05, 3.63) is 29.8 Å². The van der Waals surface area contributed by atoms with Gasteiger partial charge in [-0.2, -0.15) is 0 Å². The number of aliphatic carboxylic acids is 1. The first-order valence-electron chi connectivity index (χ1n) is 7.11. The zero-order valence-electron chi connectivity index (χ0n) is 13.1. The summed E-state index contributed by atoms with van der Waals surface area (Å²) in [6.07, 6.45) is 0.938. The lowest BCUT2D eigenvalue weighted by Gasteiger charge is -2.33.